The summed E-state index contributed by atoms with van der Waals surface area (Å²) < 4.78 is 30.6. The Balaban J connectivity index is 1.85. The zero-order valence-corrected chi connectivity index (χ0v) is 30.1. The monoisotopic (exact) mass is 657 g/mol. The molecule has 0 unspecified atom stereocenters. The summed E-state index contributed by atoms with van der Waals surface area (Å²) in [6.45, 7) is 12.7. The molecule has 0 amide bonds. The van der Waals surface area contributed by atoms with Gasteiger partial charge in [-0.2, -0.15) is 0 Å². The Morgan fingerprint density at radius 2 is 1.00 bits per heavy atom. The number of alkyl halides is 1. The molecule has 0 spiro atoms. The fraction of sp³-hybridized carbons (Fsp3) is 0.342. The third kappa shape index (κ3) is 7.26. The van der Waals surface area contributed by atoms with Crippen LogP contribution in [0.3, 0.4) is 0 Å². The molecule has 244 valence electrons. The average Bonchev–Trinajstić information content (AvgIpc) is 3.05. The van der Waals surface area contributed by atoms with Crippen LogP contribution < -0.4 is 20.7 Å². The molecule has 0 saturated heterocycles. The summed E-state index contributed by atoms with van der Waals surface area (Å²) in [5.74, 6) is 0. The molecule has 0 aromatic heterocycles. The molecule has 0 fully saturated rings. The van der Waals surface area contributed by atoms with Crippen molar-refractivity contribution in [1.29, 1.82) is 0 Å². The summed E-state index contributed by atoms with van der Waals surface area (Å²) in [7, 11) is -4.92. The largest absolute Gasteiger partial charge is 0.405 e. The van der Waals surface area contributed by atoms with E-state index < -0.39 is 40.1 Å². The molecule has 0 heterocycles. The van der Waals surface area contributed by atoms with Gasteiger partial charge in [0, 0.05) is 0 Å². The molecule has 0 bridgehead atoms. The zero-order chi connectivity index (χ0) is 33.4. The Morgan fingerprint density at radius 1 is 0.652 bits per heavy atom. The maximum atomic E-state index is 16.4. The highest BCUT2D eigenvalue weighted by Crippen LogP contribution is 2.40. The van der Waals surface area contributed by atoms with E-state index in [0.717, 1.165) is 27.0 Å². The van der Waals surface area contributed by atoms with Crippen molar-refractivity contribution in [3.8, 4) is 0 Å². The Morgan fingerprint density at radius 3 is 1.33 bits per heavy atom. The standard InChI is InChI=1S/C38H48FNO4Si2/c1-37(2,3)45(30-20-12-8-13-21-30,31-22-14-9-15-23-31)43-29-35(41)36(34(39)28-40-42-7)44-46(38(4,5)6,32-24-16-10-17-25-32)33-26-18-11-19-27-33/h8-28,34-36,41H,29H2,1-7H3/t34-,35-,36+/m1/s1. The molecule has 0 saturated carbocycles. The summed E-state index contributed by atoms with van der Waals surface area (Å²) >= 11 is 0. The van der Waals surface area contributed by atoms with Crippen LogP contribution in [0.4, 0.5) is 4.39 Å². The van der Waals surface area contributed by atoms with Gasteiger partial charge in [-0.15, -0.1) is 0 Å². The highest BCUT2D eigenvalue weighted by atomic mass is 28.4. The van der Waals surface area contributed by atoms with Crippen molar-refractivity contribution < 1.29 is 23.2 Å². The van der Waals surface area contributed by atoms with Crippen molar-refractivity contribution in [3.63, 3.8) is 0 Å². The maximum Gasteiger partial charge on any atom is 0.261 e. The van der Waals surface area contributed by atoms with Crippen LogP contribution in [0.25, 0.3) is 0 Å². The van der Waals surface area contributed by atoms with Crippen LogP contribution >= 0.6 is 0 Å². The lowest BCUT2D eigenvalue weighted by atomic mass is 10.1. The quantitative estimate of drug-likeness (QED) is 0.112. The minimum absolute atomic E-state index is 0.141. The van der Waals surface area contributed by atoms with Crippen molar-refractivity contribution in [2.45, 2.75) is 70.0 Å². The molecule has 0 aliphatic rings. The number of oxime groups is 1. The van der Waals surface area contributed by atoms with Gasteiger partial charge in [0.1, 0.15) is 19.3 Å². The molecule has 1 N–H and O–H groups in total. The number of aliphatic hydroxyl groups is 1. The molecule has 46 heavy (non-hydrogen) atoms. The lowest BCUT2D eigenvalue weighted by Crippen LogP contribution is -2.70. The first-order chi connectivity index (χ1) is 21.9. The molecule has 5 nitrogen and oxygen atoms in total. The normalized spacial score (nSPS) is 15.0. The van der Waals surface area contributed by atoms with Gasteiger partial charge < -0.3 is 18.8 Å². The summed E-state index contributed by atoms with van der Waals surface area (Å²) in [6.07, 6.45) is -3.35. The number of nitrogens with zero attached hydrogens (tertiary/aromatic N) is 1. The van der Waals surface area contributed by atoms with E-state index in [9.17, 15) is 5.11 Å². The van der Waals surface area contributed by atoms with Gasteiger partial charge in [-0.1, -0.05) is 168 Å². The molecular formula is C38H48FNO4Si2. The van der Waals surface area contributed by atoms with E-state index in [-0.39, 0.29) is 11.6 Å². The summed E-state index contributed by atoms with van der Waals surface area (Å²) in [5, 5.41) is 19.2. The number of hydrogen-bond acceptors (Lipinski definition) is 5. The number of hydrogen-bond donors (Lipinski definition) is 1. The van der Waals surface area contributed by atoms with Crippen LogP contribution in [0.5, 0.6) is 0 Å². The lowest BCUT2D eigenvalue weighted by molar-refractivity contribution is -0.0236. The molecule has 4 rings (SSSR count). The number of aliphatic hydroxyl groups excluding tert-OH is 1. The van der Waals surface area contributed by atoms with E-state index in [2.05, 4.69) is 71.0 Å². The molecule has 4 aromatic rings. The smallest absolute Gasteiger partial charge is 0.261 e. The molecular weight excluding hydrogens is 610 g/mol. The van der Waals surface area contributed by atoms with Gasteiger partial charge in [0.05, 0.1) is 12.8 Å². The van der Waals surface area contributed by atoms with Crippen molar-refractivity contribution >= 4 is 43.6 Å². The molecule has 3 atom stereocenters. The van der Waals surface area contributed by atoms with Crippen molar-refractivity contribution in [1.82, 2.24) is 0 Å². The summed E-state index contributed by atoms with van der Waals surface area (Å²) in [5.41, 5.74) is 0. The molecule has 0 radical (unpaired) electrons. The Kier molecular flexibility index (Phi) is 11.6. The van der Waals surface area contributed by atoms with Gasteiger partial charge in [0.2, 0.25) is 0 Å². The molecule has 4 aromatic carbocycles. The fourth-order valence-corrected chi connectivity index (χ4v) is 15.8. The number of rotatable bonds is 13. The highest BCUT2D eigenvalue weighted by Gasteiger charge is 2.54. The molecule has 0 aliphatic carbocycles. The van der Waals surface area contributed by atoms with Crippen LogP contribution in [-0.2, 0) is 13.7 Å². The Bertz CT molecular complexity index is 1430. The third-order valence-corrected chi connectivity index (χ3v) is 18.7. The average molecular weight is 658 g/mol. The first-order valence-electron chi connectivity index (χ1n) is 15.8. The van der Waals surface area contributed by atoms with E-state index in [0.29, 0.717) is 0 Å². The highest BCUT2D eigenvalue weighted by molar-refractivity contribution is 7.00. The van der Waals surface area contributed by atoms with Crippen LogP contribution in [-0.4, -0.2) is 60.1 Å². The second-order valence-corrected chi connectivity index (χ2v) is 22.2. The van der Waals surface area contributed by atoms with Gasteiger partial charge in [0.15, 0.2) is 6.17 Å². The fourth-order valence-electron chi connectivity index (χ4n) is 6.52. The number of benzene rings is 4. The Hall–Kier alpha value is -3.41. The summed E-state index contributed by atoms with van der Waals surface area (Å²) in [4.78, 5) is 4.86. The van der Waals surface area contributed by atoms with E-state index in [1.165, 1.54) is 7.11 Å². The van der Waals surface area contributed by atoms with Gasteiger partial charge in [-0.05, 0) is 30.8 Å². The minimum Gasteiger partial charge on any atom is -0.405 e. The lowest BCUT2D eigenvalue weighted by Gasteiger charge is -2.47. The van der Waals surface area contributed by atoms with Gasteiger partial charge in [-0.25, -0.2) is 4.39 Å². The van der Waals surface area contributed by atoms with Crippen molar-refractivity contribution in [2.75, 3.05) is 13.7 Å². The second kappa shape index (κ2) is 15.0. The SMILES string of the molecule is CON=C[C@@H](F)[C@H](O[Si](c1ccccc1)(c1ccccc1)C(C)(C)C)[C@H](O)CO[Si](c1ccccc1)(c1ccccc1)C(C)(C)C. The van der Waals surface area contributed by atoms with Crippen molar-refractivity contribution in [2.24, 2.45) is 5.16 Å². The van der Waals surface area contributed by atoms with Crippen LogP contribution in [0.2, 0.25) is 10.1 Å². The second-order valence-electron chi connectivity index (χ2n) is 13.7. The molecule has 8 heteroatoms. The van der Waals surface area contributed by atoms with Crippen LogP contribution in [0.15, 0.2) is 126 Å². The maximum absolute atomic E-state index is 16.4. The minimum atomic E-state index is -3.26. The predicted molar refractivity (Wildman–Crippen MR) is 192 cm³/mol. The topological polar surface area (TPSA) is 60.3 Å². The van der Waals surface area contributed by atoms with Crippen LogP contribution in [0.1, 0.15) is 41.5 Å². The van der Waals surface area contributed by atoms with E-state index in [4.69, 9.17) is 13.7 Å². The molecule has 0 aliphatic heterocycles. The van der Waals surface area contributed by atoms with Gasteiger partial charge in [-0.3, -0.25) is 0 Å². The van der Waals surface area contributed by atoms with Gasteiger partial charge >= 0.3 is 0 Å². The number of halogens is 1. The van der Waals surface area contributed by atoms with E-state index >= 15 is 4.39 Å². The van der Waals surface area contributed by atoms with Crippen LogP contribution in [0, 0.1) is 0 Å². The van der Waals surface area contributed by atoms with E-state index in [1.807, 2.05) is 97.1 Å². The first kappa shape index (κ1) is 35.4. The van der Waals surface area contributed by atoms with Crippen molar-refractivity contribution in [3.05, 3.63) is 121 Å². The van der Waals surface area contributed by atoms with Gasteiger partial charge in [0.25, 0.3) is 16.6 Å². The Labute approximate surface area is 276 Å². The predicted octanol–water partition coefficient (Wildman–Crippen LogP) is 5.84. The van der Waals surface area contributed by atoms with E-state index in [1.54, 1.807) is 0 Å². The zero-order valence-electron chi connectivity index (χ0n) is 28.1. The third-order valence-electron chi connectivity index (χ3n) is 8.62. The first-order valence-corrected chi connectivity index (χ1v) is 19.6. The summed E-state index contributed by atoms with van der Waals surface area (Å²) in [6, 6.07) is 40.4.